The molecule has 0 saturated carbocycles. The van der Waals surface area contributed by atoms with Crippen molar-refractivity contribution in [2.75, 3.05) is 11.4 Å². The van der Waals surface area contributed by atoms with Gasteiger partial charge in [0.25, 0.3) is 5.91 Å². The Bertz CT molecular complexity index is 1020. The number of nitrogens with zero attached hydrogens (tertiary/aromatic N) is 2. The molecule has 1 aromatic heterocycles. The van der Waals surface area contributed by atoms with Crippen molar-refractivity contribution < 1.29 is 4.79 Å². The van der Waals surface area contributed by atoms with Crippen LogP contribution in [0.2, 0.25) is 0 Å². The highest BCUT2D eigenvalue weighted by Crippen LogP contribution is 2.29. The maximum absolute atomic E-state index is 13.2. The summed E-state index contributed by atoms with van der Waals surface area (Å²) in [7, 11) is 0. The van der Waals surface area contributed by atoms with E-state index in [1.165, 1.54) is 27.8 Å². The molecule has 1 aliphatic heterocycles. The molecular formula is C25H26N2O. The fraction of sp³-hybridized carbons (Fsp3) is 0.280. The molecule has 0 atom stereocenters. The van der Waals surface area contributed by atoms with Gasteiger partial charge in [-0.2, -0.15) is 0 Å². The summed E-state index contributed by atoms with van der Waals surface area (Å²) in [5.74, 6) is -0.00633. The van der Waals surface area contributed by atoms with Gasteiger partial charge in [0.15, 0.2) is 0 Å². The van der Waals surface area contributed by atoms with Crippen LogP contribution in [0.4, 0.5) is 5.69 Å². The van der Waals surface area contributed by atoms with E-state index >= 15 is 0 Å². The lowest BCUT2D eigenvalue weighted by molar-refractivity contribution is 0.0980. The van der Waals surface area contributed by atoms with Crippen molar-refractivity contribution >= 4 is 11.6 Å². The topological polar surface area (TPSA) is 33.2 Å². The molecule has 0 fully saturated rings. The second-order valence-corrected chi connectivity index (χ2v) is 7.75. The molecule has 0 radical (unpaired) electrons. The van der Waals surface area contributed by atoms with Gasteiger partial charge < -0.3 is 4.90 Å². The summed E-state index contributed by atoms with van der Waals surface area (Å²) >= 11 is 0. The number of fused-ring (bicyclic) bond motifs is 1. The minimum atomic E-state index is -0.00633. The van der Waals surface area contributed by atoms with Crippen LogP contribution in [-0.2, 0) is 12.8 Å². The zero-order chi connectivity index (χ0) is 19.7. The summed E-state index contributed by atoms with van der Waals surface area (Å²) < 4.78 is 0. The quantitative estimate of drug-likeness (QED) is 0.636. The number of benzene rings is 2. The molecular weight excluding hydrogens is 344 g/mol. The van der Waals surface area contributed by atoms with Crippen molar-refractivity contribution in [1.29, 1.82) is 0 Å². The number of aryl methyl sites for hydroxylation is 4. The SMILES string of the molecule is Cc1ccc2c(c1)CCCN2C(=O)c1cccc(Cc2c(C)cccc2C)n1. The van der Waals surface area contributed by atoms with Crippen molar-refractivity contribution in [3.63, 3.8) is 0 Å². The Labute approximate surface area is 167 Å². The second-order valence-electron chi connectivity index (χ2n) is 7.75. The predicted octanol–water partition coefficient (Wildman–Crippen LogP) is 5.19. The number of carbonyl (C=O) groups excluding carboxylic acids is 1. The third-order valence-corrected chi connectivity index (χ3v) is 5.63. The summed E-state index contributed by atoms with van der Waals surface area (Å²) in [5.41, 5.74) is 8.80. The lowest BCUT2D eigenvalue weighted by atomic mass is 9.98. The zero-order valence-electron chi connectivity index (χ0n) is 16.8. The Morgan fingerprint density at radius 1 is 1.00 bits per heavy atom. The van der Waals surface area contributed by atoms with E-state index < -0.39 is 0 Å². The average Bonchev–Trinajstić information content (AvgIpc) is 2.70. The average molecular weight is 370 g/mol. The van der Waals surface area contributed by atoms with Gasteiger partial charge >= 0.3 is 0 Å². The molecule has 2 aromatic carbocycles. The summed E-state index contributed by atoms with van der Waals surface area (Å²) in [6.45, 7) is 7.10. The number of rotatable bonds is 3. The molecule has 3 nitrogen and oxygen atoms in total. The second kappa shape index (κ2) is 7.59. The first-order valence-corrected chi connectivity index (χ1v) is 9.95. The van der Waals surface area contributed by atoms with Crippen LogP contribution in [0.1, 0.15) is 50.4 Å². The van der Waals surface area contributed by atoms with E-state index in [9.17, 15) is 4.79 Å². The van der Waals surface area contributed by atoms with Gasteiger partial charge in [-0.05, 0) is 74.1 Å². The number of hydrogen-bond donors (Lipinski definition) is 0. The molecule has 142 valence electrons. The van der Waals surface area contributed by atoms with Crippen LogP contribution in [0.25, 0.3) is 0 Å². The smallest absolute Gasteiger partial charge is 0.276 e. The maximum Gasteiger partial charge on any atom is 0.276 e. The van der Waals surface area contributed by atoms with E-state index in [4.69, 9.17) is 4.98 Å². The molecule has 4 rings (SSSR count). The van der Waals surface area contributed by atoms with Gasteiger partial charge in [0.05, 0.1) is 0 Å². The molecule has 0 N–H and O–H groups in total. The van der Waals surface area contributed by atoms with Crippen LogP contribution in [0.15, 0.2) is 54.6 Å². The fourth-order valence-corrected chi connectivity index (χ4v) is 4.08. The Balaban J connectivity index is 1.63. The molecule has 0 unspecified atom stereocenters. The summed E-state index contributed by atoms with van der Waals surface area (Å²) in [4.78, 5) is 19.9. The lowest BCUT2D eigenvalue weighted by Gasteiger charge is -2.29. The van der Waals surface area contributed by atoms with Gasteiger partial charge in [-0.15, -0.1) is 0 Å². The maximum atomic E-state index is 13.2. The third-order valence-electron chi connectivity index (χ3n) is 5.63. The van der Waals surface area contributed by atoms with Crippen molar-refractivity contribution in [2.24, 2.45) is 0 Å². The van der Waals surface area contributed by atoms with Crippen molar-refractivity contribution in [2.45, 2.75) is 40.0 Å². The Morgan fingerprint density at radius 3 is 2.54 bits per heavy atom. The Kier molecular flexibility index (Phi) is 4.99. The number of hydrogen-bond acceptors (Lipinski definition) is 2. The van der Waals surface area contributed by atoms with Crippen LogP contribution < -0.4 is 4.90 Å². The lowest BCUT2D eigenvalue weighted by Crippen LogP contribution is -2.36. The molecule has 0 bridgehead atoms. The van der Waals surface area contributed by atoms with Crippen molar-refractivity contribution in [3.05, 3.63) is 93.8 Å². The number of pyridine rings is 1. The summed E-state index contributed by atoms with van der Waals surface area (Å²) in [6, 6.07) is 18.5. The highest BCUT2D eigenvalue weighted by molar-refractivity contribution is 6.05. The van der Waals surface area contributed by atoms with Crippen LogP contribution >= 0.6 is 0 Å². The number of aromatic nitrogens is 1. The third kappa shape index (κ3) is 3.57. The first-order valence-electron chi connectivity index (χ1n) is 9.95. The first-order chi connectivity index (χ1) is 13.5. The van der Waals surface area contributed by atoms with Crippen LogP contribution in [-0.4, -0.2) is 17.4 Å². The normalized spacial score (nSPS) is 13.3. The molecule has 0 spiro atoms. The molecule has 28 heavy (non-hydrogen) atoms. The highest BCUT2D eigenvalue weighted by Gasteiger charge is 2.24. The Hall–Kier alpha value is -2.94. The van der Waals surface area contributed by atoms with Gasteiger partial charge in [0.2, 0.25) is 0 Å². The van der Waals surface area contributed by atoms with E-state index in [1.807, 2.05) is 23.1 Å². The monoisotopic (exact) mass is 370 g/mol. The summed E-state index contributed by atoms with van der Waals surface area (Å²) in [5, 5.41) is 0. The molecule has 2 heterocycles. The van der Waals surface area contributed by atoms with Gasteiger partial charge in [0.1, 0.15) is 5.69 Å². The van der Waals surface area contributed by atoms with Crippen LogP contribution in [0, 0.1) is 20.8 Å². The number of carbonyl (C=O) groups is 1. The first kappa shape index (κ1) is 18.4. The molecule has 3 heteroatoms. The van der Waals surface area contributed by atoms with Crippen molar-refractivity contribution in [3.8, 4) is 0 Å². The highest BCUT2D eigenvalue weighted by atomic mass is 16.2. The fourth-order valence-electron chi connectivity index (χ4n) is 4.08. The van der Waals surface area contributed by atoms with Gasteiger partial charge in [-0.3, -0.25) is 4.79 Å². The van der Waals surface area contributed by atoms with E-state index in [0.29, 0.717) is 5.69 Å². The molecule has 1 aliphatic rings. The molecule has 3 aromatic rings. The van der Waals surface area contributed by atoms with Gasteiger partial charge in [0, 0.05) is 24.3 Å². The number of amides is 1. The van der Waals surface area contributed by atoms with E-state index in [1.54, 1.807) is 0 Å². The Morgan fingerprint density at radius 2 is 1.75 bits per heavy atom. The van der Waals surface area contributed by atoms with E-state index in [2.05, 4.69) is 57.2 Å². The standard InChI is InChI=1S/C25H26N2O/c1-17-12-13-24-20(15-17)9-6-14-27(24)25(28)23-11-5-10-21(26-23)16-22-18(2)7-4-8-19(22)3/h4-5,7-8,10-13,15H,6,9,14,16H2,1-3H3. The predicted molar refractivity (Wildman–Crippen MR) is 114 cm³/mol. The van der Waals surface area contributed by atoms with Crippen LogP contribution in [0.3, 0.4) is 0 Å². The summed E-state index contributed by atoms with van der Waals surface area (Å²) in [6.07, 6.45) is 2.76. The largest absolute Gasteiger partial charge is 0.307 e. The van der Waals surface area contributed by atoms with Crippen LogP contribution in [0.5, 0.6) is 0 Å². The van der Waals surface area contributed by atoms with Crippen molar-refractivity contribution in [1.82, 2.24) is 4.98 Å². The number of anilines is 1. The van der Waals surface area contributed by atoms with Gasteiger partial charge in [-0.25, -0.2) is 4.98 Å². The van der Waals surface area contributed by atoms with Gasteiger partial charge in [-0.1, -0.05) is 42.0 Å². The molecule has 0 saturated heterocycles. The molecule has 1 amide bonds. The van der Waals surface area contributed by atoms with E-state index in [0.717, 1.165) is 37.2 Å². The minimum Gasteiger partial charge on any atom is -0.307 e. The minimum absolute atomic E-state index is 0.00633. The molecule has 0 aliphatic carbocycles. The zero-order valence-corrected chi connectivity index (χ0v) is 16.8. The van der Waals surface area contributed by atoms with E-state index in [-0.39, 0.29) is 5.91 Å².